The van der Waals surface area contributed by atoms with Gasteiger partial charge in [-0.3, -0.25) is 4.79 Å². The van der Waals surface area contributed by atoms with Crippen LogP contribution in [0.15, 0.2) is 18.2 Å². The lowest BCUT2D eigenvalue weighted by atomic mass is 9.62. The first-order valence-corrected chi connectivity index (χ1v) is 11.2. The van der Waals surface area contributed by atoms with Crippen molar-refractivity contribution >= 4 is 17.5 Å². The van der Waals surface area contributed by atoms with E-state index in [2.05, 4.69) is 24.5 Å². The first kappa shape index (κ1) is 24.2. The van der Waals surface area contributed by atoms with Crippen LogP contribution >= 0.6 is 11.6 Å². The van der Waals surface area contributed by atoms with Crippen LogP contribution in [-0.2, 0) is 6.42 Å². The smallest absolute Gasteiger partial charge is 0.252 e. The number of carbonyl (C=O) groups is 1. The highest BCUT2D eigenvalue weighted by Crippen LogP contribution is 2.48. The van der Waals surface area contributed by atoms with Crippen LogP contribution < -0.4 is 10.6 Å². The lowest BCUT2D eigenvalue weighted by molar-refractivity contribution is 0.0681. The molecule has 2 bridgehead atoms. The molecule has 5 heteroatoms. The molecule has 2 fully saturated rings. The van der Waals surface area contributed by atoms with E-state index in [0.717, 1.165) is 18.0 Å². The van der Waals surface area contributed by atoms with Gasteiger partial charge in [-0.1, -0.05) is 64.6 Å². The fraction of sp³-hybridized carbons (Fsp3) is 0.708. The van der Waals surface area contributed by atoms with Crippen molar-refractivity contribution in [3.63, 3.8) is 0 Å². The third-order valence-electron chi connectivity index (χ3n) is 6.49. The number of hydrogen-bond acceptors (Lipinski definition) is 3. The second kappa shape index (κ2) is 10.8. The molecule has 1 atom stereocenters. The molecule has 2 aliphatic rings. The van der Waals surface area contributed by atoms with Gasteiger partial charge in [-0.15, -0.1) is 0 Å². The third-order valence-corrected chi connectivity index (χ3v) is 6.82. The largest absolute Gasteiger partial charge is 0.391 e. The third kappa shape index (κ3) is 6.70. The zero-order valence-corrected chi connectivity index (χ0v) is 18.0. The second-order valence-corrected chi connectivity index (χ2v) is 9.68. The summed E-state index contributed by atoms with van der Waals surface area (Å²) in [5.41, 5.74) is 1.74. The van der Waals surface area contributed by atoms with Crippen molar-refractivity contribution in [2.45, 2.75) is 84.8 Å². The molecule has 2 aliphatic carbocycles. The van der Waals surface area contributed by atoms with Gasteiger partial charge in [0, 0.05) is 19.1 Å². The van der Waals surface area contributed by atoms with E-state index in [-0.39, 0.29) is 13.3 Å². The van der Waals surface area contributed by atoms with Crippen LogP contribution in [0.5, 0.6) is 0 Å². The molecule has 4 nitrogen and oxygen atoms in total. The Kier molecular flexibility index (Phi) is 8.99. The number of halogens is 1. The summed E-state index contributed by atoms with van der Waals surface area (Å²) in [6.07, 6.45) is 9.03. The van der Waals surface area contributed by atoms with E-state index in [0.29, 0.717) is 35.0 Å². The molecule has 29 heavy (non-hydrogen) atoms. The lowest BCUT2D eigenvalue weighted by Gasteiger charge is -2.45. The van der Waals surface area contributed by atoms with Crippen LogP contribution in [0, 0.1) is 11.3 Å². The van der Waals surface area contributed by atoms with Gasteiger partial charge >= 0.3 is 0 Å². The summed E-state index contributed by atoms with van der Waals surface area (Å²) in [6.45, 7) is 5.39. The number of benzene rings is 1. The molecule has 0 aromatic heterocycles. The molecule has 0 heterocycles. The highest BCUT2D eigenvalue weighted by Gasteiger charge is 2.39. The average molecular weight is 423 g/mol. The van der Waals surface area contributed by atoms with Crippen LogP contribution in [0.25, 0.3) is 0 Å². The van der Waals surface area contributed by atoms with E-state index in [4.69, 9.17) is 11.6 Å². The molecular formula is C24H39ClN2O2. The molecule has 164 valence electrons. The van der Waals surface area contributed by atoms with Crippen molar-refractivity contribution in [3.8, 4) is 0 Å². The number of nitrogens with one attached hydrogen (secondary N) is 2. The normalized spacial score (nSPS) is 24.7. The number of aliphatic hydroxyl groups is 1. The molecule has 1 amide bonds. The Morgan fingerprint density at radius 2 is 1.97 bits per heavy atom. The van der Waals surface area contributed by atoms with E-state index in [1.54, 1.807) is 6.07 Å². The van der Waals surface area contributed by atoms with Gasteiger partial charge < -0.3 is 15.7 Å². The molecule has 1 aromatic rings. The highest BCUT2D eigenvalue weighted by atomic mass is 35.5. The fourth-order valence-corrected chi connectivity index (χ4v) is 5.23. The summed E-state index contributed by atoms with van der Waals surface area (Å²) < 4.78 is 0. The maximum absolute atomic E-state index is 12.8. The Morgan fingerprint density at radius 1 is 1.28 bits per heavy atom. The zero-order valence-electron chi connectivity index (χ0n) is 17.3. The Labute approximate surface area is 181 Å². The standard InChI is InChI=1S/C23H35ClN2O2.CH4/c1-16(2)25-14-19(27)11-18-7-8-21(24)20(12-18)22(28)26-15-23-9-3-5-17(13-23)6-4-10-23;/h7-8,12,16-17,19,25,27H,3-6,9-11,13-15H2,1-2H3,(H,26,28);1H4/t17?,19-,23?;/m1./s1. The van der Waals surface area contributed by atoms with Crippen LogP contribution in [-0.4, -0.2) is 36.2 Å². The van der Waals surface area contributed by atoms with Crippen molar-refractivity contribution < 1.29 is 9.90 Å². The van der Waals surface area contributed by atoms with Crippen LogP contribution in [0.3, 0.4) is 0 Å². The maximum atomic E-state index is 12.8. The Bertz CT molecular complexity index is 667. The Hall–Kier alpha value is -1.10. The topological polar surface area (TPSA) is 61.4 Å². The average Bonchev–Trinajstić information content (AvgIpc) is 2.66. The molecule has 0 unspecified atom stereocenters. The molecule has 0 aliphatic heterocycles. The molecular weight excluding hydrogens is 384 g/mol. The highest BCUT2D eigenvalue weighted by molar-refractivity contribution is 6.33. The van der Waals surface area contributed by atoms with Crippen molar-refractivity contribution in [2.75, 3.05) is 13.1 Å². The number of hydrogen-bond donors (Lipinski definition) is 3. The molecule has 2 saturated carbocycles. The molecule has 0 spiro atoms. The van der Waals surface area contributed by atoms with Gasteiger partial charge in [0.05, 0.1) is 16.7 Å². The minimum absolute atomic E-state index is 0. The second-order valence-electron chi connectivity index (χ2n) is 9.27. The van der Waals surface area contributed by atoms with Gasteiger partial charge in [-0.2, -0.15) is 0 Å². The molecule has 0 saturated heterocycles. The van der Waals surface area contributed by atoms with E-state index >= 15 is 0 Å². The van der Waals surface area contributed by atoms with Crippen LogP contribution in [0.1, 0.15) is 82.1 Å². The zero-order chi connectivity index (χ0) is 20.1. The summed E-state index contributed by atoms with van der Waals surface area (Å²) in [4.78, 5) is 12.8. The molecule has 0 radical (unpaired) electrons. The van der Waals surface area contributed by atoms with Crippen LogP contribution in [0.2, 0.25) is 5.02 Å². The first-order chi connectivity index (χ1) is 13.4. The van der Waals surface area contributed by atoms with Gasteiger partial charge in [0.25, 0.3) is 5.91 Å². The van der Waals surface area contributed by atoms with Gasteiger partial charge in [0.1, 0.15) is 0 Å². The van der Waals surface area contributed by atoms with Crippen molar-refractivity contribution in [1.82, 2.24) is 10.6 Å². The Balaban J connectivity index is 0.00000300. The summed E-state index contributed by atoms with van der Waals surface area (Å²) in [6, 6.07) is 5.82. The molecule has 3 N–H and O–H groups in total. The van der Waals surface area contributed by atoms with Gasteiger partial charge in [0.15, 0.2) is 0 Å². The van der Waals surface area contributed by atoms with E-state index in [1.165, 1.54) is 44.9 Å². The monoisotopic (exact) mass is 422 g/mol. The minimum atomic E-state index is -0.486. The molecule has 3 rings (SSSR count). The van der Waals surface area contributed by atoms with Crippen molar-refractivity contribution in [3.05, 3.63) is 34.3 Å². The number of rotatable bonds is 8. The maximum Gasteiger partial charge on any atom is 0.252 e. The Morgan fingerprint density at radius 3 is 2.62 bits per heavy atom. The van der Waals surface area contributed by atoms with Gasteiger partial charge in [0.2, 0.25) is 0 Å². The minimum Gasteiger partial charge on any atom is -0.391 e. The van der Waals surface area contributed by atoms with E-state index < -0.39 is 6.10 Å². The number of amides is 1. The predicted octanol–water partition coefficient (Wildman–Crippen LogP) is 4.97. The summed E-state index contributed by atoms with van der Waals surface area (Å²) in [7, 11) is 0. The SMILES string of the molecule is C.CC(C)NC[C@H](O)Cc1ccc(Cl)c(C(=O)NCC23CCCC(CCC2)C3)c1. The van der Waals surface area contributed by atoms with E-state index in [1.807, 2.05) is 12.1 Å². The fourth-order valence-electron chi connectivity index (χ4n) is 5.02. The lowest BCUT2D eigenvalue weighted by Crippen LogP contribution is -2.43. The number of carbonyl (C=O) groups excluding carboxylic acids is 1. The number of aliphatic hydroxyl groups excluding tert-OH is 1. The summed E-state index contributed by atoms with van der Waals surface area (Å²) in [5, 5.41) is 17.1. The van der Waals surface area contributed by atoms with E-state index in [9.17, 15) is 9.90 Å². The first-order valence-electron chi connectivity index (χ1n) is 10.8. The predicted molar refractivity (Wildman–Crippen MR) is 122 cm³/mol. The van der Waals surface area contributed by atoms with Crippen molar-refractivity contribution in [2.24, 2.45) is 11.3 Å². The number of fused-ring (bicyclic) bond motifs is 2. The molecule has 1 aromatic carbocycles. The van der Waals surface area contributed by atoms with Gasteiger partial charge in [-0.05, 0) is 54.7 Å². The summed E-state index contributed by atoms with van der Waals surface area (Å²) in [5.74, 6) is 0.760. The quantitative estimate of drug-likeness (QED) is 0.554. The van der Waals surface area contributed by atoms with Gasteiger partial charge in [-0.25, -0.2) is 0 Å². The van der Waals surface area contributed by atoms with Crippen LogP contribution in [0.4, 0.5) is 0 Å². The van der Waals surface area contributed by atoms with Crippen molar-refractivity contribution in [1.29, 1.82) is 0 Å². The summed E-state index contributed by atoms with van der Waals surface area (Å²) >= 11 is 6.32.